The molecule has 14 heteroatoms. The number of aromatic amines is 2. The number of carbonyl (C=O) groups is 4. The Kier molecular flexibility index (Phi) is 11.6. The fourth-order valence-corrected chi connectivity index (χ4v) is 14.2. The summed E-state index contributed by atoms with van der Waals surface area (Å²) in [6.45, 7) is 1.14. The average molecular weight is 989 g/mol. The Morgan fingerprint density at radius 3 is 1.59 bits per heavy atom. The highest BCUT2D eigenvalue weighted by molar-refractivity contribution is 5.90. The lowest BCUT2D eigenvalue weighted by Crippen LogP contribution is -2.42. The van der Waals surface area contributed by atoms with Crippen molar-refractivity contribution in [3.63, 3.8) is 0 Å². The molecule has 4 heterocycles. The third kappa shape index (κ3) is 7.74. The average Bonchev–Trinajstić information content (AvgIpc) is 4.31. The van der Waals surface area contributed by atoms with E-state index in [0.29, 0.717) is 47.9 Å². The number of nitrogens with one attached hydrogen (secondary N) is 4. The standard InChI is InChI=1S/C60H60N8O6/c1-73-59(71)65-53(33-11-5-3-6-12-33)57(69)67-27-9-15-47(67)55-61-32-46(64-55)43-25-24-42(51-38-19-20-39(30-38)52(43)51)41-23-22-40(49-36-17-18-37(29-36)50(41)49)35-21-26-44-45(31-35)63-56(62-44)48-16-10-28-68(48)58(70)54(66-60(72)74-2)34-13-7-4-8-14-34/h3-8,11-14,21-26,31-32,36-39,47-48,53-54H,9-10,15-20,27-30H2,1-2H3,(H,61,64)(H,62,63)(H,65,71)(H,66,72)/t36?,37?,38?,39?,47-,48-,53-,54-/m0/s1. The molecule has 7 aromatic rings. The van der Waals surface area contributed by atoms with E-state index in [1.54, 1.807) is 0 Å². The molecule has 2 aliphatic heterocycles. The first-order valence-electron chi connectivity index (χ1n) is 26.5. The number of aromatic nitrogens is 4. The summed E-state index contributed by atoms with van der Waals surface area (Å²) >= 11 is 0. The van der Waals surface area contributed by atoms with E-state index in [-0.39, 0.29) is 23.9 Å². The third-order valence-corrected chi connectivity index (χ3v) is 17.4. The first-order valence-corrected chi connectivity index (χ1v) is 26.5. The molecule has 0 radical (unpaired) electrons. The molecule has 8 atom stereocenters. The number of rotatable bonds is 11. The van der Waals surface area contributed by atoms with E-state index in [0.717, 1.165) is 54.1 Å². The monoisotopic (exact) mass is 988 g/mol. The summed E-state index contributed by atoms with van der Waals surface area (Å²) in [6.07, 6.45) is 11.0. The molecule has 4 amide bonds. The van der Waals surface area contributed by atoms with E-state index in [2.05, 4.69) is 63.1 Å². The maximum absolute atomic E-state index is 14.3. The summed E-state index contributed by atoms with van der Waals surface area (Å²) < 4.78 is 9.85. The van der Waals surface area contributed by atoms with Crippen LogP contribution in [-0.4, -0.2) is 81.0 Å². The van der Waals surface area contributed by atoms with Gasteiger partial charge in [0.1, 0.15) is 23.7 Å². The van der Waals surface area contributed by atoms with Gasteiger partial charge in [0, 0.05) is 18.7 Å². The van der Waals surface area contributed by atoms with Gasteiger partial charge in [-0.05, 0) is 156 Å². The highest BCUT2D eigenvalue weighted by Gasteiger charge is 2.45. The lowest BCUT2D eigenvalue weighted by molar-refractivity contribution is -0.135. The summed E-state index contributed by atoms with van der Waals surface area (Å²) in [5.41, 5.74) is 16.6. The van der Waals surface area contributed by atoms with Gasteiger partial charge in [0.25, 0.3) is 11.8 Å². The molecule has 2 saturated carbocycles. The fraction of sp³-hybridized carbons (Fsp3) is 0.367. The zero-order chi connectivity index (χ0) is 50.2. The number of carbonyl (C=O) groups excluding carboxylic acids is 4. The Balaban J connectivity index is 0.804. The molecular weight excluding hydrogens is 929 g/mol. The van der Waals surface area contributed by atoms with Crippen molar-refractivity contribution in [2.45, 2.75) is 112 Å². The molecule has 14 nitrogen and oxygen atoms in total. The number of ether oxygens (including phenoxy) is 2. The van der Waals surface area contributed by atoms with Gasteiger partial charge < -0.3 is 39.9 Å². The topological polar surface area (TPSA) is 175 Å². The van der Waals surface area contributed by atoms with Crippen LogP contribution in [0.15, 0.2) is 109 Å². The molecule has 2 aromatic heterocycles. The summed E-state index contributed by atoms with van der Waals surface area (Å²) in [4.78, 5) is 74.6. The number of nitrogens with zero attached hydrogens (tertiary/aromatic N) is 4. The van der Waals surface area contributed by atoms with Crippen LogP contribution in [0.2, 0.25) is 0 Å². The van der Waals surface area contributed by atoms with Gasteiger partial charge in [0.05, 0.1) is 49.2 Å². The van der Waals surface area contributed by atoms with Gasteiger partial charge in [0.15, 0.2) is 0 Å². The first kappa shape index (κ1) is 46.1. The molecule has 2 saturated heterocycles. The highest BCUT2D eigenvalue weighted by atomic mass is 16.5. The van der Waals surface area contributed by atoms with Gasteiger partial charge in [0.2, 0.25) is 0 Å². The number of imidazole rings is 2. The fourth-order valence-electron chi connectivity index (χ4n) is 14.2. The minimum Gasteiger partial charge on any atom is -0.453 e. The summed E-state index contributed by atoms with van der Waals surface area (Å²) in [5, 5.41) is 5.56. The van der Waals surface area contributed by atoms with Gasteiger partial charge in [-0.3, -0.25) is 9.59 Å². The molecule has 5 aromatic carbocycles. The van der Waals surface area contributed by atoms with Crippen LogP contribution in [-0.2, 0) is 19.1 Å². The highest BCUT2D eigenvalue weighted by Crippen LogP contribution is 2.62. The van der Waals surface area contributed by atoms with E-state index < -0.39 is 24.3 Å². The number of likely N-dealkylation sites (tertiary alicyclic amines) is 2. The molecule has 4 bridgehead atoms. The second-order valence-corrected chi connectivity index (χ2v) is 21.3. The van der Waals surface area contributed by atoms with E-state index in [1.165, 1.54) is 103 Å². The van der Waals surface area contributed by atoms with E-state index in [1.807, 2.05) is 76.7 Å². The van der Waals surface area contributed by atoms with Crippen LogP contribution >= 0.6 is 0 Å². The van der Waals surface area contributed by atoms with Crippen molar-refractivity contribution in [1.29, 1.82) is 0 Å². The normalized spacial score (nSPS) is 22.9. The predicted octanol–water partition coefficient (Wildman–Crippen LogP) is 11.5. The van der Waals surface area contributed by atoms with E-state index in [9.17, 15) is 19.2 Å². The second-order valence-electron chi connectivity index (χ2n) is 21.3. The minimum absolute atomic E-state index is 0.181. The molecule has 0 spiro atoms. The molecule has 4 aliphatic carbocycles. The summed E-state index contributed by atoms with van der Waals surface area (Å²) in [7, 11) is 2.61. The van der Waals surface area contributed by atoms with Crippen LogP contribution in [0.3, 0.4) is 0 Å². The Labute approximate surface area is 429 Å². The smallest absolute Gasteiger partial charge is 0.407 e. The molecule has 74 heavy (non-hydrogen) atoms. The Morgan fingerprint density at radius 2 is 1.05 bits per heavy atom. The first-order chi connectivity index (χ1) is 36.2. The Morgan fingerprint density at radius 1 is 0.568 bits per heavy atom. The Hall–Kier alpha value is -7.74. The van der Waals surface area contributed by atoms with Crippen molar-refractivity contribution in [2.24, 2.45) is 0 Å². The molecule has 4 N–H and O–H groups in total. The number of hydrogen-bond acceptors (Lipinski definition) is 8. The predicted molar refractivity (Wildman–Crippen MR) is 280 cm³/mol. The number of hydrogen-bond donors (Lipinski definition) is 4. The van der Waals surface area contributed by atoms with Gasteiger partial charge in [-0.15, -0.1) is 0 Å². The number of H-pyrrole nitrogens is 2. The van der Waals surface area contributed by atoms with Crippen molar-refractivity contribution >= 4 is 35.0 Å². The van der Waals surface area contributed by atoms with Gasteiger partial charge in [-0.1, -0.05) is 91.0 Å². The third-order valence-electron chi connectivity index (χ3n) is 17.4. The molecule has 6 aliphatic rings. The molecule has 4 fully saturated rings. The van der Waals surface area contributed by atoms with Crippen LogP contribution in [0.5, 0.6) is 0 Å². The lowest BCUT2D eigenvalue weighted by Gasteiger charge is -2.28. The van der Waals surface area contributed by atoms with Crippen molar-refractivity contribution in [1.82, 2.24) is 40.4 Å². The summed E-state index contributed by atoms with van der Waals surface area (Å²) in [5.74, 6) is 3.19. The van der Waals surface area contributed by atoms with Crippen molar-refractivity contribution in [3.05, 3.63) is 154 Å². The maximum Gasteiger partial charge on any atom is 0.407 e. The van der Waals surface area contributed by atoms with Gasteiger partial charge in [-0.2, -0.15) is 0 Å². The molecule has 13 rings (SSSR count). The van der Waals surface area contributed by atoms with Crippen LogP contribution in [0, 0.1) is 0 Å². The quantitative estimate of drug-likeness (QED) is 0.0990. The number of benzene rings is 5. The van der Waals surface area contributed by atoms with Gasteiger partial charge >= 0.3 is 12.2 Å². The summed E-state index contributed by atoms with van der Waals surface area (Å²) in [6, 6.07) is 32.4. The minimum atomic E-state index is -0.882. The molecule has 376 valence electrons. The van der Waals surface area contributed by atoms with E-state index >= 15 is 0 Å². The van der Waals surface area contributed by atoms with Crippen LogP contribution in [0.1, 0.15) is 157 Å². The number of alkyl carbamates (subject to hydrolysis) is 2. The zero-order valence-corrected chi connectivity index (χ0v) is 41.7. The lowest BCUT2D eigenvalue weighted by atomic mass is 9.77. The largest absolute Gasteiger partial charge is 0.453 e. The van der Waals surface area contributed by atoms with Crippen LogP contribution < -0.4 is 10.6 Å². The van der Waals surface area contributed by atoms with Crippen LogP contribution in [0.4, 0.5) is 9.59 Å². The van der Waals surface area contributed by atoms with Crippen LogP contribution in [0.25, 0.3) is 44.5 Å². The number of amides is 4. The molecular formula is C60H60N8O6. The van der Waals surface area contributed by atoms with Crippen molar-refractivity contribution in [3.8, 4) is 33.5 Å². The van der Waals surface area contributed by atoms with Crippen molar-refractivity contribution in [2.75, 3.05) is 27.3 Å². The van der Waals surface area contributed by atoms with Crippen molar-refractivity contribution < 1.29 is 28.7 Å². The SMILES string of the molecule is COC(=O)N[C@H](C(=O)N1CCC[C@H]1c1ncc(-c2ccc(-c3ccc(-c4ccc5nc([C@@H]6CCCN6C(=O)[C@@H](NC(=O)OC)c6ccccc6)[nH]c5c4)c4c3C3CCC4C3)c3c2C2CCC3C2)[nH]1)c1ccccc1. The zero-order valence-electron chi connectivity index (χ0n) is 41.7. The number of fused-ring (bicyclic) bond motifs is 11. The maximum atomic E-state index is 14.3. The van der Waals surface area contributed by atoms with E-state index in [4.69, 9.17) is 19.4 Å². The second kappa shape index (κ2) is 18.6. The Bertz CT molecular complexity index is 3350. The van der Waals surface area contributed by atoms with Gasteiger partial charge in [-0.25, -0.2) is 19.6 Å². The number of methoxy groups -OCH3 is 2. The molecule has 4 unspecified atom stereocenters.